The van der Waals surface area contributed by atoms with Crippen LogP contribution in [0.3, 0.4) is 0 Å². The molecule has 6 nitrogen and oxygen atoms in total. The fourth-order valence-corrected chi connectivity index (χ4v) is 5.80. The van der Waals surface area contributed by atoms with Gasteiger partial charge in [-0.15, -0.1) is 0 Å². The molecule has 2 unspecified atom stereocenters. The van der Waals surface area contributed by atoms with Crippen LogP contribution < -0.4 is 5.32 Å². The van der Waals surface area contributed by atoms with E-state index in [0.717, 1.165) is 36.9 Å². The molecule has 1 fully saturated rings. The highest BCUT2D eigenvalue weighted by atomic mass is 16.3. The second-order valence-corrected chi connectivity index (χ2v) is 10.7. The Labute approximate surface area is 213 Å². The zero-order chi connectivity index (χ0) is 25.1. The molecule has 6 heteroatoms. The number of hydrogen-bond acceptors (Lipinski definition) is 3. The van der Waals surface area contributed by atoms with E-state index in [1.807, 2.05) is 58.9 Å². The lowest BCUT2D eigenvalue weighted by molar-refractivity contribution is -0.133. The van der Waals surface area contributed by atoms with Crippen molar-refractivity contribution in [2.75, 3.05) is 6.54 Å². The summed E-state index contributed by atoms with van der Waals surface area (Å²) in [5, 5.41) is 3.37. The third-order valence-electron chi connectivity index (χ3n) is 8.03. The van der Waals surface area contributed by atoms with E-state index in [9.17, 15) is 9.59 Å². The first kappa shape index (κ1) is 24.4. The Morgan fingerprint density at radius 2 is 1.69 bits per heavy atom. The van der Waals surface area contributed by atoms with Crippen LogP contribution in [0, 0.1) is 0 Å². The van der Waals surface area contributed by atoms with Crippen molar-refractivity contribution < 1.29 is 14.0 Å². The van der Waals surface area contributed by atoms with Crippen LogP contribution in [0.25, 0.3) is 11.5 Å². The minimum Gasteiger partial charge on any atom is -0.463 e. The van der Waals surface area contributed by atoms with Gasteiger partial charge < -0.3 is 19.2 Å². The SMILES string of the molecule is CC(CN1C(=O)c2ccc(-c3ccco3)n2CC1(C)C(=O)NC1CCCCCCC1)c1ccccc1. The molecule has 1 aromatic carbocycles. The molecular weight excluding hydrogens is 450 g/mol. The molecule has 2 aliphatic rings. The van der Waals surface area contributed by atoms with Crippen LogP contribution >= 0.6 is 0 Å². The molecule has 2 amide bonds. The predicted octanol–water partition coefficient (Wildman–Crippen LogP) is 6.00. The first-order valence-electron chi connectivity index (χ1n) is 13.4. The standard InChI is InChI=1S/C30H37N3O3/c1-22(23-12-7-6-8-13-23)20-33-28(34)26-18-17-25(27-16-11-19-36-27)32(26)21-30(33,2)29(35)31-24-14-9-4-3-5-10-15-24/h6-8,11-13,16-19,22,24H,3-5,9-10,14-15,20-21H2,1-2H3,(H,31,35). The molecule has 5 rings (SSSR count). The summed E-state index contributed by atoms with van der Waals surface area (Å²) in [6.07, 6.45) is 9.65. The molecule has 1 aliphatic carbocycles. The van der Waals surface area contributed by atoms with E-state index in [1.54, 1.807) is 6.26 Å². The van der Waals surface area contributed by atoms with Gasteiger partial charge in [0, 0.05) is 12.6 Å². The first-order valence-corrected chi connectivity index (χ1v) is 13.4. The van der Waals surface area contributed by atoms with E-state index in [-0.39, 0.29) is 23.8 Å². The Hall–Kier alpha value is -3.28. The van der Waals surface area contributed by atoms with Crippen LogP contribution in [0.15, 0.2) is 65.3 Å². The van der Waals surface area contributed by atoms with Crippen molar-refractivity contribution in [2.24, 2.45) is 0 Å². The van der Waals surface area contributed by atoms with Gasteiger partial charge in [-0.05, 0) is 55.5 Å². The number of fused-ring (bicyclic) bond motifs is 1. The molecule has 3 aromatic rings. The van der Waals surface area contributed by atoms with Crippen LogP contribution in [0.4, 0.5) is 0 Å². The first-order chi connectivity index (χ1) is 17.5. The number of aromatic nitrogens is 1. The van der Waals surface area contributed by atoms with Crippen LogP contribution in [-0.4, -0.2) is 39.4 Å². The minimum atomic E-state index is -1.02. The number of furan rings is 1. The fourth-order valence-electron chi connectivity index (χ4n) is 5.80. The highest BCUT2D eigenvalue weighted by Crippen LogP contribution is 2.35. The summed E-state index contributed by atoms with van der Waals surface area (Å²) < 4.78 is 7.62. The average Bonchev–Trinajstić information content (AvgIpc) is 3.53. The van der Waals surface area contributed by atoms with Crippen molar-refractivity contribution >= 4 is 11.8 Å². The number of rotatable bonds is 6. The molecule has 36 heavy (non-hydrogen) atoms. The third kappa shape index (κ3) is 4.73. The maximum Gasteiger partial charge on any atom is 0.271 e. The van der Waals surface area contributed by atoms with Gasteiger partial charge >= 0.3 is 0 Å². The second-order valence-electron chi connectivity index (χ2n) is 10.7. The number of nitrogens with zero attached hydrogens (tertiary/aromatic N) is 2. The maximum atomic E-state index is 14.0. The lowest BCUT2D eigenvalue weighted by Crippen LogP contribution is -2.65. The molecule has 2 aromatic heterocycles. The molecule has 0 radical (unpaired) electrons. The normalized spacial score (nSPS) is 21.9. The summed E-state index contributed by atoms with van der Waals surface area (Å²) in [5.41, 5.74) is 1.56. The molecule has 1 aliphatic heterocycles. The second kappa shape index (κ2) is 10.4. The smallest absolute Gasteiger partial charge is 0.271 e. The summed E-state index contributed by atoms with van der Waals surface area (Å²) in [4.78, 5) is 29.8. The van der Waals surface area contributed by atoms with E-state index in [4.69, 9.17) is 4.42 Å². The van der Waals surface area contributed by atoms with E-state index < -0.39 is 5.54 Å². The number of nitrogens with one attached hydrogen (secondary N) is 1. The van der Waals surface area contributed by atoms with Gasteiger partial charge in [-0.2, -0.15) is 0 Å². The highest BCUT2D eigenvalue weighted by molar-refractivity contribution is 6.00. The van der Waals surface area contributed by atoms with Gasteiger partial charge in [0.15, 0.2) is 0 Å². The molecular formula is C30H37N3O3. The average molecular weight is 488 g/mol. The monoisotopic (exact) mass is 487 g/mol. The summed E-state index contributed by atoms with van der Waals surface area (Å²) in [6, 6.07) is 17.9. The van der Waals surface area contributed by atoms with Gasteiger partial charge in [0.1, 0.15) is 17.0 Å². The molecule has 0 bridgehead atoms. The summed E-state index contributed by atoms with van der Waals surface area (Å²) in [6.45, 7) is 4.91. The molecule has 3 heterocycles. The number of amides is 2. The largest absolute Gasteiger partial charge is 0.463 e. The lowest BCUT2D eigenvalue weighted by Gasteiger charge is -2.46. The van der Waals surface area contributed by atoms with E-state index in [1.165, 1.54) is 19.3 Å². The van der Waals surface area contributed by atoms with Gasteiger partial charge in [-0.1, -0.05) is 69.4 Å². The van der Waals surface area contributed by atoms with Crippen molar-refractivity contribution in [2.45, 2.75) is 82.8 Å². The highest BCUT2D eigenvalue weighted by Gasteiger charge is 2.48. The fraction of sp³-hybridized carbons (Fsp3) is 0.467. The van der Waals surface area contributed by atoms with E-state index in [2.05, 4.69) is 24.4 Å². The molecule has 2 atom stereocenters. The zero-order valence-electron chi connectivity index (χ0n) is 21.4. The number of benzene rings is 1. The Balaban J connectivity index is 1.48. The Kier molecular flexibility index (Phi) is 7.04. The summed E-state index contributed by atoms with van der Waals surface area (Å²) in [7, 11) is 0. The van der Waals surface area contributed by atoms with Crippen LogP contribution in [0.5, 0.6) is 0 Å². The van der Waals surface area contributed by atoms with Crippen LogP contribution in [0.1, 0.15) is 80.8 Å². The van der Waals surface area contributed by atoms with Crippen LogP contribution in [-0.2, 0) is 11.3 Å². The van der Waals surface area contributed by atoms with E-state index >= 15 is 0 Å². The lowest BCUT2D eigenvalue weighted by atomic mass is 9.90. The maximum absolute atomic E-state index is 14.0. The van der Waals surface area contributed by atoms with Gasteiger partial charge in [0.05, 0.1) is 18.5 Å². The number of hydrogen-bond donors (Lipinski definition) is 1. The Bertz CT molecular complexity index is 1180. The van der Waals surface area contributed by atoms with Gasteiger partial charge in [-0.3, -0.25) is 9.59 Å². The Morgan fingerprint density at radius 3 is 2.39 bits per heavy atom. The van der Waals surface area contributed by atoms with Gasteiger partial charge in [-0.25, -0.2) is 0 Å². The van der Waals surface area contributed by atoms with Crippen molar-refractivity contribution in [3.05, 3.63) is 72.1 Å². The quantitative estimate of drug-likeness (QED) is 0.464. The third-order valence-corrected chi connectivity index (χ3v) is 8.03. The number of carbonyl (C=O) groups is 2. The van der Waals surface area contributed by atoms with Gasteiger partial charge in [0.2, 0.25) is 5.91 Å². The van der Waals surface area contributed by atoms with Crippen molar-refractivity contribution in [1.82, 2.24) is 14.8 Å². The minimum absolute atomic E-state index is 0.0635. The van der Waals surface area contributed by atoms with Gasteiger partial charge in [0.25, 0.3) is 5.91 Å². The summed E-state index contributed by atoms with van der Waals surface area (Å²) in [5.74, 6) is 0.612. The number of carbonyl (C=O) groups excluding carboxylic acids is 2. The van der Waals surface area contributed by atoms with E-state index in [0.29, 0.717) is 24.5 Å². The molecule has 190 valence electrons. The summed E-state index contributed by atoms with van der Waals surface area (Å²) >= 11 is 0. The van der Waals surface area contributed by atoms with Crippen LogP contribution in [0.2, 0.25) is 0 Å². The molecule has 0 spiro atoms. The topological polar surface area (TPSA) is 67.5 Å². The Morgan fingerprint density at radius 1 is 1.00 bits per heavy atom. The van der Waals surface area contributed by atoms with Crippen molar-refractivity contribution in [1.29, 1.82) is 0 Å². The molecule has 0 saturated heterocycles. The zero-order valence-corrected chi connectivity index (χ0v) is 21.4. The molecule has 1 saturated carbocycles. The predicted molar refractivity (Wildman–Crippen MR) is 141 cm³/mol. The van der Waals surface area contributed by atoms with Crippen molar-refractivity contribution in [3.63, 3.8) is 0 Å². The molecule has 1 N–H and O–H groups in total. The van der Waals surface area contributed by atoms with Crippen molar-refractivity contribution in [3.8, 4) is 11.5 Å².